The second-order valence-corrected chi connectivity index (χ2v) is 18.1. The van der Waals surface area contributed by atoms with Crippen LogP contribution in [0.15, 0.2) is 60.9 Å². The van der Waals surface area contributed by atoms with E-state index in [-0.39, 0.29) is 56.4 Å². The number of urea groups is 1. The van der Waals surface area contributed by atoms with Crippen LogP contribution < -0.4 is 25.8 Å². The van der Waals surface area contributed by atoms with Gasteiger partial charge in [-0.2, -0.15) is 0 Å². The van der Waals surface area contributed by atoms with Crippen LogP contribution in [0.25, 0.3) is 16.9 Å². The Bertz CT molecular complexity index is 2760. The van der Waals surface area contributed by atoms with Crippen molar-refractivity contribution in [1.82, 2.24) is 40.0 Å². The zero-order valence-electron chi connectivity index (χ0n) is 35.8. The third kappa shape index (κ3) is 7.69. The van der Waals surface area contributed by atoms with Crippen molar-refractivity contribution < 1.29 is 32.3 Å². The smallest absolute Gasteiger partial charge is 0.328 e. The average Bonchev–Trinajstić information content (AvgIpc) is 3.60. The molecule has 19 heteroatoms. The maximum atomic E-state index is 16.3. The van der Waals surface area contributed by atoms with Crippen molar-refractivity contribution in [3.05, 3.63) is 93.9 Å². The highest BCUT2D eigenvalue weighted by Gasteiger charge is 2.57. The van der Waals surface area contributed by atoms with Crippen molar-refractivity contribution in [2.45, 2.75) is 70.1 Å². The summed E-state index contributed by atoms with van der Waals surface area (Å²) in [6.45, 7) is 3.22. The third-order valence-corrected chi connectivity index (χ3v) is 14.2. The van der Waals surface area contributed by atoms with Gasteiger partial charge in [0.05, 0.1) is 40.9 Å². The molecule has 3 N–H and O–H groups in total. The first-order valence-corrected chi connectivity index (χ1v) is 22.3. The standard InChI is InChI=1S/C46H47ClF3N11O4/c1-26-18-28(19-36(40(26)47)60-14-9-39(62)55-44(60)65)43(64)58-16-11-45(12-17-58)10-15-57(25-46(45,49)50)24-27-6-7-32(52-22-27)29-4-3-5-35-30(29)8-13-59(35)38-21-34(51-2)41-53-23-37(61(41)56-38)42(63)54-33-20-31(33)48/h3-7,18-19,21-23,31,33,51H,8-17,20,24-25H2,1-2H3,(H,54,63)(H,55,62,65)/t31-,33+/m0/s1. The second kappa shape index (κ2) is 16.3. The van der Waals surface area contributed by atoms with E-state index in [4.69, 9.17) is 21.7 Å². The molecule has 4 fully saturated rings. The van der Waals surface area contributed by atoms with E-state index in [9.17, 15) is 23.6 Å². The van der Waals surface area contributed by atoms with E-state index < -0.39 is 42.0 Å². The SMILES string of the molecule is CNc1cc(N2CCc3c(-c4ccc(CN5CCC6(CCN(C(=O)c7cc(C)c(Cl)c(N8CCC(=O)NC8=O)c7)CC6)C(F)(F)C5)cn4)cccc32)nn2c(C(=O)N[C@@H]3C[C@@H]3F)cnc12. The molecule has 5 amide bonds. The van der Waals surface area contributed by atoms with E-state index in [1.54, 1.807) is 36.0 Å². The molecule has 1 aliphatic carbocycles. The van der Waals surface area contributed by atoms with Crippen LogP contribution in [0, 0.1) is 12.3 Å². The number of alkyl halides is 3. The van der Waals surface area contributed by atoms with Gasteiger partial charge in [0.2, 0.25) is 5.91 Å². The lowest BCUT2D eigenvalue weighted by atomic mass is 9.68. The van der Waals surface area contributed by atoms with Crippen molar-refractivity contribution in [2.75, 3.05) is 61.4 Å². The molecule has 1 spiro atoms. The molecule has 2 atom stereocenters. The van der Waals surface area contributed by atoms with Gasteiger partial charge in [-0.05, 0) is 80.1 Å². The first kappa shape index (κ1) is 42.7. The fourth-order valence-electron chi connectivity index (χ4n) is 9.85. The Morgan fingerprint density at radius 3 is 2.42 bits per heavy atom. The Balaban J connectivity index is 0.786. The predicted molar refractivity (Wildman–Crippen MR) is 238 cm³/mol. The number of halogens is 4. The van der Waals surface area contributed by atoms with E-state index in [1.165, 1.54) is 21.7 Å². The summed E-state index contributed by atoms with van der Waals surface area (Å²) in [4.78, 5) is 67.1. The first-order chi connectivity index (χ1) is 31.2. The number of piperidine rings is 2. The molecule has 10 rings (SSSR count). The highest BCUT2D eigenvalue weighted by molar-refractivity contribution is 6.35. The molecular weight excluding hydrogens is 863 g/mol. The van der Waals surface area contributed by atoms with Gasteiger partial charge in [0.1, 0.15) is 6.17 Å². The molecular formula is C46H47ClF3N11O4. The minimum Gasteiger partial charge on any atom is -0.385 e. The number of hydrogen-bond donors (Lipinski definition) is 3. The molecule has 2 aromatic carbocycles. The summed E-state index contributed by atoms with van der Waals surface area (Å²) < 4.78 is 47.6. The topological polar surface area (TPSA) is 160 Å². The number of hydrogen-bond acceptors (Lipinski definition) is 10. The van der Waals surface area contributed by atoms with Crippen LogP contribution in [0.2, 0.25) is 5.02 Å². The maximum absolute atomic E-state index is 16.3. The largest absolute Gasteiger partial charge is 0.385 e. The van der Waals surface area contributed by atoms with Crippen molar-refractivity contribution in [3.63, 3.8) is 0 Å². The van der Waals surface area contributed by atoms with Crippen molar-refractivity contribution >= 4 is 63.9 Å². The lowest BCUT2D eigenvalue weighted by molar-refractivity contribution is -0.186. The fraction of sp³-hybridized carbons (Fsp3) is 0.413. The molecule has 0 unspecified atom stereocenters. The van der Waals surface area contributed by atoms with Crippen LogP contribution in [0.1, 0.15) is 69.6 Å². The number of nitrogens with one attached hydrogen (secondary N) is 3. The van der Waals surface area contributed by atoms with Crippen molar-refractivity contribution in [2.24, 2.45) is 5.41 Å². The third-order valence-electron chi connectivity index (χ3n) is 13.7. The van der Waals surface area contributed by atoms with E-state index in [0.29, 0.717) is 77.9 Å². The molecule has 5 aromatic rings. The summed E-state index contributed by atoms with van der Waals surface area (Å²) in [6, 6.07) is 13.8. The maximum Gasteiger partial charge on any atom is 0.328 e. The van der Waals surface area contributed by atoms with Gasteiger partial charge in [-0.3, -0.25) is 34.5 Å². The highest BCUT2D eigenvalue weighted by atomic mass is 35.5. The number of rotatable bonds is 9. The number of anilines is 4. The zero-order chi connectivity index (χ0) is 45.4. The Labute approximate surface area is 377 Å². The van der Waals surface area contributed by atoms with E-state index in [2.05, 4.69) is 25.8 Å². The van der Waals surface area contributed by atoms with Gasteiger partial charge < -0.3 is 20.4 Å². The first-order valence-electron chi connectivity index (χ1n) is 21.9. The number of fused-ring (bicyclic) bond motifs is 2. The number of imidazole rings is 1. The van der Waals surface area contributed by atoms with Crippen molar-refractivity contribution in [3.8, 4) is 11.3 Å². The van der Waals surface area contributed by atoms with Crippen LogP contribution in [0.5, 0.6) is 0 Å². The summed E-state index contributed by atoms with van der Waals surface area (Å²) in [5.74, 6) is -3.52. The minimum atomic E-state index is -2.98. The van der Waals surface area contributed by atoms with E-state index in [1.807, 2.05) is 36.4 Å². The Hall–Kier alpha value is -6.27. The monoisotopic (exact) mass is 909 g/mol. The van der Waals surface area contributed by atoms with Gasteiger partial charge in [0.25, 0.3) is 17.7 Å². The Morgan fingerprint density at radius 2 is 1.71 bits per heavy atom. The van der Waals surface area contributed by atoms with Crippen LogP contribution in [-0.2, 0) is 17.8 Å². The fourth-order valence-corrected chi connectivity index (χ4v) is 10.1. The zero-order valence-corrected chi connectivity index (χ0v) is 36.6. The van der Waals surface area contributed by atoms with Gasteiger partial charge in [0.15, 0.2) is 17.2 Å². The summed E-state index contributed by atoms with van der Waals surface area (Å²) in [6.07, 6.45) is 3.88. The number of aromatic nitrogens is 4. The van der Waals surface area contributed by atoms with Crippen molar-refractivity contribution in [1.29, 1.82) is 0 Å². The summed E-state index contributed by atoms with van der Waals surface area (Å²) in [5.41, 5.74) is 5.91. The molecule has 0 bridgehead atoms. The molecule has 0 radical (unpaired) electrons. The number of aryl methyl sites for hydroxylation is 1. The predicted octanol–water partition coefficient (Wildman–Crippen LogP) is 6.54. The second-order valence-electron chi connectivity index (χ2n) is 17.8. The van der Waals surface area contributed by atoms with Gasteiger partial charge in [0, 0.05) is 87.1 Å². The Morgan fingerprint density at radius 1 is 0.938 bits per heavy atom. The molecule has 15 nitrogen and oxygen atoms in total. The van der Waals surface area contributed by atoms with E-state index >= 15 is 8.78 Å². The number of imide groups is 1. The van der Waals surface area contributed by atoms with Crippen LogP contribution in [0.4, 0.5) is 40.8 Å². The summed E-state index contributed by atoms with van der Waals surface area (Å²) >= 11 is 6.55. The lowest BCUT2D eigenvalue weighted by Crippen LogP contribution is -2.59. The molecule has 1 saturated carbocycles. The van der Waals surface area contributed by atoms with Gasteiger partial charge in [-0.1, -0.05) is 29.8 Å². The van der Waals surface area contributed by atoms with Gasteiger partial charge in [-0.15, -0.1) is 5.10 Å². The number of carbonyl (C=O) groups is 4. The van der Waals surface area contributed by atoms with Crippen LogP contribution in [-0.4, -0.2) is 118 Å². The molecule has 7 heterocycles. The number of nitrogens with zero attached hydrogens (tertiary/aromatic N) is 8. The quantitative estimate of drug-likeness (QED) is 0.148. The van der Waals surface area contributed by atoms with E-state index in [0.717, 1.165) is 28.1 Å². The number of likely N-dealkylation sites (tertiary alicyclic amines) is 2. The molecule has 338 valence electrons. The average molecular weight is 910 g/mol. The van der Waals surface area contributed by atoms with Gasteiger partial charge in [-0.25, -0.2) is 27.5 Å². The molecule has 3 saturated heterocycles. The Kier molecular flexibility index (Phi) is 10.7. The molecule has 4 aliphatic heterocycles. The number of benzene rings is 2. The minimum absolute atomic E-state index is 0.0987. The van der Waals surface area contributed by atoms with Gasteiger partial charge >= 0.3 is 6.03 Å². The summed E-state index contributed by atoms with van der Waals surface area (Å²) in [7, 11) is 1.77. The highest BCUT2D eigenvalue weighted by Crippen LogP contribution is 2.51. The number of pyridine rings is 1. The normalized spacial score (nSPS) is 21.4. The summed E-state index contributed by atoms with van der Waals surface area (Å²) in [5, 5.41) is 13.3. The molecule has 5 aliphatic rings. The lowest BCUT2D eigenvalue weighted by Gasteiger charge is -2.51. The van der Waals surface area contributed by atoms with Crippen LogP contribution in [0.3, 0.4) is 0 Å². The molecule has 3 aromatic heterocycles. The molecule has 65 heavy (non-hydrogen) atoms. The number of amides is 5. The van der Waals surface area contributed by atoms with Crippen LogP contribution >= 0.6 is 11.6 Å². The number of carbonyl (C=O) groups excluding carboxylic acids is 4.